The third-order valence-electron chi connectivity index (χ3n) is 6.69. The normalized spacial score (nSPS) is 18.8. The van der Waals surface area contributed by atoms with Crippen molar-refractivity contribution in [1.29, 1.82) is 0 Å². The van der Waals surface area contributed by atoms with E-state index in [0.717, 1.165) is 85.8 Å². The minimum absolute atomic E-state index is 0.822. The summed E-state index contributed by atoms with van der Waals surface area (Å²) in [4.78, 5) is 20.0. The number of halogens is 4. The summed E-state index contributed by atoms with van der Waals surface area (Å²) in [6.07, 6.45) is 20.2. The average molecular weight is 776 g/mol. The van der Waals surface area contributed by atoms with Gasteiger partial charge in [0.05, 0.1) is 45.6 Å². The molecule has 8 heteroatoms. The SMILES string of the molecule is Brc1cccc(Br)c1C1=C2C=CC(=N2)C=C2C=CC(=N2)C(c2c(Br)cccc2Br)=C2C=CC(=N2)C=C2C=CC1=N2. The summed E-state index contributed by atoms with van der Waals surface area (Å²) in [5.74, 6) is 0. The van der Waals surface area contributed by atoms with E-state index in [4.69, 9.17) is 20.0 Å². The summed E-state index contributed by atoms with van der Waals surface area (Å²) in [7, 11) is 0. The zero-order chi connectivity index (χ0) is 27.4. The minimum Gasteiger partial charge on any atom is -0.248 e. The highest BCUT2D eigenvalue weighted by Crippen LogP contribution is 2.40. The first kappa shape index (κ1) is 25.9. The van der Waals surface area contributed by atoms with Gasteiger partial charge in [0.1, 0.15) is 0 Å². The molecule has 5 aliphatic rings. The molecule has 2 aromatic carbocycles. The third kappa shape index (κ3) is 4.67. The van der Waals surface area contributed by atoms with Crippen molar-refractivity contribution in [3.63, 3.8) is 0 Å². The molecular formula is C32H16Br4N4. The number of fused-ring (bicyclic) bond motifs is 4. The molecule has 0 aliphatic carbocycles. The fourth-order valence-corrected chi connectivity index (χ4v) is 7.73. The summed E-state index contributed by atoms with van der Waals surface area (Å²) < 4.78 is 3.83. The summed E-state index contributed by atoms with van der Waals surface area (Å²) in [6, 6.07) is 12.1. The largest absolute Gasteiger partial charge is 0.248 e. The molecule has 0 fully saturated rings. The van der Waals surface area contributed by atoms with Gasteiger partial charge in [0.15, 0.2) is 0 Å². The molecule has 0 amide bonds. The minimum atomic E-state index is 0.822. The van der Waals surface area contributed by atoms with Crippen LogP contribution >= 0.6 is 63.7 Å². The molecule has 0 saturated carbocycles. The number of hydrogen-bond donors (Lipinski definition) is 0. The first-order chi connectivity index (χ1) is 19.4. The molecule has 0 saturated heterocycles. The van der Waals surface area contributed by atoms with Crippen molar-refractivity contribution >= 4 is 97.7 Å². The highest BCUT2D eigenvalue weighted by atomic mass is 79.9. The maximum absolute atomic E-state index is 5.01. The van der Waals surface area contributed by atoms with E-state index in [1.54, 1.807) is 0 Å². The van der Waals surface area contributed by atoms with Crippen LogP contribution in [0.3, 0.4) is 0 Å². The van der Waals surface area contributed by atoms with Crippen molar-refractivity contribution in [3.8, 4) is 0 Å². The third-order valence-corrected chi connectivity index (χ3v) is 9.33. The van der Waals surface area contributed by atoms with Gasteiger partial charge in [0.2, 0.25) is 0 Å². The fraction of sp³-hybridized carbons (Fsp3) is 0. The highest BCUT2D eigenvalue weighted by molar-refractivity contribution is 9.11. The van der Waals surface area contributed by atoms with Gasteiger partial charge in [-0.25, -0.2) is 20.0 Å². The lowest BCUT2D eigenvalue weighted by molar-refractivity contribution is 1.40. The summed E-state index contributed by atoms with van der Waals surface area (Å²) >= 11 is 15.0. The number of nitrogens with zero attached hydrogens (tertiary/aromatic N) is 4. The lowest BCUT2D eigenvalue weighted by atomic mass is 9.99. The Balaban J connectivity index is 1.48. The van der Waals surface area contributed by atoms with E-state index < -0.39 is 0 Å². The molecular weight excluding hydrogens is 760 g/mol. The molecule has 8 bridgehead atoms. The first-order valence-corrected chi connectivity index (χ1v) is 15.5. The van der Waals surface area contributed by atoms with Crippen LogP contribution in [-0.2, 0) is 0 Å². The van der Waals surface area contributed by atoms with Gasteiger partial charge in [-0.15, -0.1) is 0 Å². The topological polar surface area (TPSA) is 49.4 Å². The lowest BCUT2D eigenvalue weighted by Crippen LogP contribution is -2.02. The van der Waals surface area contributed by atoms with E-state index in [-0.39, 0.29) is 0 Å². The van der Waals surface area contributed by atoms with Crippen LogP contribution in [0.5, 0.6) is 0 Å². The van der Waals surface area contributed by atoms with Crippen LogP contribution in [0, 0.1) is 0 Å². The van der Waals surface area contributed by atoms with E-state index >= 15 is 0 Å². The van der Waals surface area contributed by atoms with Crippen LogP contribution in [0.15, 0.2) is 158 Å². The highest BCUT2D eigenvalue weighted by Gasteiger charge is 2.25. The first-order valence-electron chi connectivity index (χ1n) is 12.3. The van der Waals surface area contributed by atoms with E-state index in [0.29, 0.717) is 0 Å². The molecule has 5 heterocycles. The predicted molar refractivity (Wildman–Crippen MR) is 180 cm³/mol. The second kappa shape index (κ2) is 10.4. The Labute approximate surface area is 264 Å². The van der Waals surface area contributed by atoms with Crippen LogP contribution in [0.2, 0.25) is 0 Å². The molecule has 0 spiro atoms. The Morgan fingerprint density at radius 3 is 1.23 bits per heavy atom. The van der Waals surface area contributed by atoms with Gasteiger partial charge in [-0.05, 0) is 85.0 Å². The van der Waals surface area contributed by atoms with E-state index in [9.17, 15) is 0 Å². The molecule has 4 nitrogen and oxygen atoms in total. The van der Waals surface area contributed by atoms with Crippen LogP contribution < -0.4 is 0 Å². The van der Waals surface area contributed by atoms with Crippen molar-refractivity contribution in [2.24, 2.45) is 20.0 Å². The Morgan fingerprint density at radius 2 is 0.825 bits per heavy atom. The zero-order valence-electron chi connectivity index (χ0n) is 20.5. The van der Waals surface area contributed by atoms with Gasteiger partial charge < -0.3 is 0 Å². The number of rotatable bonds is 2. The zero-order valence-corrected chi connectivity index (χ0v) is 26.9. The number of benzene rings is 2. The molecule has 0 N–H and O–H groups in total. The fourth-order valence-electron chi connectivity index (χ4n) is 4.94. The van der Waals surface area contributed by atoms with Crippen molar-refractivity contribution in [3.05, 3.63) is 149 Å². The van der Waals surface area contributed by atoms with E-state index in [1.807, 2.05) is 97.2 Å². The predicted octanol–water partition coefficient (Wildman–Crippen LogP) is 9.68. The number of aliphatic imine (C=N–C) groups is 4. The molecule has 0 radical (unpaired) electrons. The van der Waals surface area contributed by atoms with Crippen molar-refractivity contribution < 1.29 is 0 Å². The lowest BCUT2D eigenvalue weighted by Gasteiger charge is -2.13. The average Bonchev–Trinajstić information content (AvgIpc) is 3.73. The molecule has 192 valence electrons. The molecule has 0 aromatic heterocycles. The van der Waals surface area contributed by atoms with Gasteiger partial charge in [0.25, 0.3) is 0 Å². The molecule has 7 rings (SSSR count). The van der Waals surface area contributed by atoms with E-state index in [2.05, 4.69) is 63.7 Å². The molecule has 0 atom stereocenters. The van der Waals surface area contributed by atoms with Gasteiger partial charge in [0, 0.05) is 40.2 Å². The van der Waals surface area contributed by atoms with Gasteiger partial charge in [-0.3, -0.25) is 0 Å². The van der Waals surface area contributed by atoms with Crippen molar-refractivity contribution in [1.82, 2.24) is 0 Å². The second-order valence-electron chi connectivity index (χ2n) is 9.25. The van der Waals surface area contributed by atoms with Gasteiger partial charge >= 0.3 is 0 Å². The van der Waals surface area contributed by atoms with E-state index in [1.165, 1.54) is 0 Å². The Morgan fingerprint density at radius 1 is 0.425 bits per heavy atom. The Kier molecular flexibility index (Phi) is 6.74. The quantitative estimate of drug-likeness (QED) is 0.292. The molecule has 40 heavy (non-hydrogen) atoms. The molecule has 5 aliphatic heterocycles. The van der Waals surface area contributed by atoms with Crippen LogP contribution in [0.25, 0.3) is 11.1 Å². The number of hydrogen-bond acceptors (Lipinski definition) is 4. The molecule has 0 unspecified atom stereocenters. The second-order valence-corrected chi connectivity index (χ2v) is 12.7. The van der Waals surface area contributed by atoms with Gasteiger partial charge in [-0.1, -0.05) is 75.9 Å². The summed E-state index contributed by atoms with van der Waals surface area (Å²) in [5, 5.41) is 0. The van der Waals surface area contributed by atoms with Crippen molar-refractivity contribution in [2.75, 3.05) is 0 Å². The smallest absolute Gasteiger partial charge is 0.0738 e. The Hall–Kier alpha value is -3.04. The van der Waals surface area contributed by atoms with Crippen LogP contribution in [-0.4, -0.2) is 22.8 Å². The maximum atomic E-state index is 5.01. The standard InChI is InChI=1S/C32H16Br4N4/c33-21-3-1-4-22(34)29(21)31-25-11-7-17(37-25)15-19-9-13-27(39-19)32(30-23(35)5-2-6-24(30)36)28-14-10-20(40-28)16-18-8-12-26(31)38-18/h1-16H. The number of allylic oxidation sites excluding steroid dienone is 12. The monoisotopic (exact) mass is 772 g/mol. The van der Waals surface area contributed by atoms with Crippen LogP contribution in [0.4, 0.5) is 0 Å². The maximum Gasteiger partial charge on any atom is 0.0738 e. The summed E-state index contributed by atoms with van der Waals surface area (Å²) in [5.41, 5.74) is 10.5. The summed E-state index contributed by atoms with van der Waals surface area (Å²) in [6.45, 7) is 0. The molecule has 2 aromatic rings. The Bertz CT molecular complexity index is 1740. The van der Waals surface area contributed by atoms with Gasteiger partial charge in [-0.2, -0.15) is 0 Å². The van der Waals surface area contributed by atoms with Crippen LogP contribution in [0.1, 0.15) is 11.1 Å². The van der Waals surface area contributed by atoms with Crippen molar-refractivity contribution in [2.45, 2.75) is 0 Å².